The maximum Gasteiger partial charge on any atom is 0.230 e. The minimum atomic E-state index is -0.0799. The molecule has 0 bridgehead atoms. The van der Waals surface area contributed by atoms with E-state index >= 15 is 0 Å². The van der Waals surface area contributed by atoms with E-state index in [-0.39, 0.29) is 24.2 Å². The van der Waals surface area contributed by atoms with Crippen LogP contribution in [-0.2, 0) is 6.42 Å². The number of Topliss-reactive ketones (excluding diaryl/α,β-unsaturated/α-hetero) is 1. The Balaban J connectivity index is 1.38. The highest BCUT2D eigenvalue weighted by Crippen LogP contribution is 2.28. The molecule has 7 heteroatoms. The molecule has 0 aliphatic heterocycles. The van der Waals surface area contributed by atoms with Crippen LogP contribution in [0, 0.1) is 18.8 Å². The Morgan fingerprint density at radius 3 is 2.79 bits per heavy atom. The minimum Gasteiger partial charge on any atom is -0.494 e. The molecule has 1 heterocycles. The number of ketones is 1. The predicted octanol–water partition coefficient (Wildman–Crippen LogP) is 6.15. The van der Waals surface area contributed by atoms with Gasteiger partial charge in [-0.1, -0.05) is 30.7 Å². The molecule has 0 spiro atoms. The highest BCUT2D eigenvalue weighted by atomic mass is 16.5. The van der Waals surface area contributed by atoms with Crippen LogP contribution >= 0.6 is 0 Å². The van der Waals surface area contributed by atoms with Crippen LogP contribution in [0.1, 0.15) is 98.8 Å². The first-order valence-electron chi connectivity index (χ1n) is 14.3. The first kappa shape index (κ1) is 30.0. The van der Waals surface area contributed by atoms with Gasteiger partial charge in [0.1, 0.15) is 5.75 Å². The fourth-order valence-corrected chi connectivity index (χ4v) is 5.34. The summed E-state index contributed by atoms with van der Waals surface area (Å²) in [6.07, 6.45) is 11.3. The number of hydrogen-bond donors (Lipinski definition) is 1. The second kappa shape index (κ2) is 15.2. The first-order chi connectivity index (χ1) is 18.3. The zero-order chi connectivity index (χ0) is 27.5. The van der Waals surface area contributed by atoms with Crippen molar-refractivity contribution in [3.8, 4) is 5.75 Å². The average Bonchev–Trinajstić information content (AvgIpc) is 3.24. The molecule has 1 N–H and O–H groups in total. The molecule has 0 saturated heterocycles. The largest absolute Gasteiger partial charge is 0.494 e. The number of aliphatic hydroxyl groups is 1. The van der Waals surface area contributed by atoms with Crippen molar-refractivity contribution in [1.82, 2.24) is 15.0 Å². The Kier molecular flexibility index (Phi) is 12.0. The van der Waals surface area contributed by atoms with Crippen molar-refractivity contribution < 1.29 is 19.2 Å². The Morgan fingerprint density at radius 1 is 1.24 bits per heavy atom. The van der Waals surface area contributed by atoms with Crippen molar-refractivity contribution in [2.45, 2.75) is 84.5 Å². The van der Waals surface area contributed by atoms with Gasteiger partial charge in [-0.25, -0.2) is 0 Å². The van der Waals surface area contributed by atoms with Crippen molar-refractivity contribution in [2.75, 3.05) is 33.9 Å². The smallest absolute Gasteiger partial charge is 0.230 e. The van der Waals surface area contributed by atoms with Gasteiger partial charge < -0.3 is 19.3 Å². The van der Waals surface area contributed by atoms with Gasteiger partial charge in [0.2, 0.25) is 5.89 Å². The number of ether oxygens (including phenoxy) is 1. The third-order valence-electron chi connectivity index (χ3n) is 7.54. The molecular weight excluding hydrogens is 478 g/mol. The van der Waals surface area contributed by atoms with Gasteiger partial charge in [0.25, 0.3) is 0 Å². The molecule has 1 aromatic carbocycles. The zero-order valence-electron chi connectivity index (χ0n) is 24.0. The molecule has 2 aromatic rings. The van der Waals surface area contributed by atoms with Crippen LogP contribution in [0.5, 0.6) is 5.75 Å². The van der Waals surface area contributed by atoms with Crippen molar-refractivity contribution in [2.24, 2.45) is 11.8 Å². The number of allylic oxidation sites excluding steroid dienone is 2. The molecule has 0 fully saturated rings. The summed E-state index contributed by atoms with van der Waals surface area (Å²) in [5.41, 5.74) is 3.13. The van der Waals surface area contributed by atoms with E-state index in [0.29, 0.717) is 25.4 Å². The average molecular weight is 526 g/mol. The van der Waals surface area contributed by atoms with E-state index in [1.54, 1.807) is 0 Å². The monoisotopic (exact) mass is 525 g/mol. The topological polar surface area (TPSA) is 88.7 Å². The van der Waals surface area contributed by atoms with Gasteiger partial charge in [0.05, 0.1) is 6.61 Å². The van der Waals surface area contributed by atoms with Crippen LogP contribution in [0.3, 0.4) is 0 Å². The van der Waals surface area contributed by atoms with Crippen LogP contribution in [0.2, 0.25) is 0 Å². The lowest BCUT2D eigenvalue weighted by molar-refractivity contribution is 0.0918. The van der Waals surface area contributed by atoms with Crippen LogP contribution in [0.25, 0.3) is 0 Å². The van der Waals surface area contributed by atoms with Crippen LogP contribution < -0.4 is 4.74 Å². The number of rotatable bonds is 15. The number of aliphatic hydroxyl groups excluding tert-OH is 1. The fourth-order valence-electron chi connectivity index (χ4n) is 5.34. The molecule has 38 heavy (non-hydrogen) atoms. The number of aromatic nitrogens is 2. The van der Waals surface area contributed by atoms with E-state index in [9.17, 15) is 4.79 Å². The SMILES string of the molecule is Cc1cc(OCCCC2CCC=C(Cc3noc(C(C)CN(C)C)n3)CC2)ccc1C(=O)C(C)CCCO. The molecule has 3 atom stereocenters. The minimum absolute atomic E-state index is 0.0799. The number of benzene rings is 1. The van der Waals surface area contributed by atoms with Crippen molar-refractivity contribution >= 4 is 5.78 Å². The molecular formula is C31H47N3O4. The normalized spacial score (nSPS) is 17.7. The number of nitrogens with zero attached hydrogens (tertiary/aromatic N) is 3. The van der Waals surface area contributed by atoms with Gasteiger partial charge in [0, 0.05) is 37.0 Å². The third kappa shape index (κ3) is 9.35. The summed E-state index contributed by atoms with van der Waals surface area (Å²) in [7, 11) is 4.11. The van der Waals surface area contributed by atoms with E-state index < -0.39 is 0 Å². The molecule has 210 valence electrons. The fraction of sp³-hybridized carbons (Fsp3) is 0.645. The molecule has 0 amide bonds. The van der Waals surface area contributed by atoms with E-state index in [1.807, 2.05) is 32.0 Å². The van der Waals surface area contributed by atoms with E-state index in [1.165, 1.54) is 18.4 Å². The summed E-state index contributed by atoms with van der Waals surface area (Å²) < 4.78 is 11.5. The summed E-state index contributed by atoms with van der Waals surface area (Å²) in [5, 5.41) is 13.3. The summed E-state index contributed by atoms with van der Waals surface area (Å²) in [4.78, 5) is 19.5. The van der Waals surface area contributed by atoms with E-state index in [0.717, 1.165) is 67.2 Å². The Hall–Kier alpha value is -2.51. The second-order valence-corrected chi connectivity index (χ2v) is 11.3. The Morgan fingerprint density at radius 2 is 2.05 bits per heavy atom. The lowest BCUT2D eigenvalue weighted by Gasteiger charge is -2.15. The van der Waals surface area contributed by atoms with Gasteiger partial charge >= 0.3 is 0 Å². The Labute approximate surface area is 228 Å². The molecule has 1 aliphatic rings. The number of hydrogen-bond acceptors (Lipinski definition) is 7. The molecule has 0 saturated carbocycles. The van der Waals surface area contributed by atoms with E-state index in [2.05, 4.69) is 42.1 Å². The van der Waals surface area contributed by atoms with Crippen LogP contribution in [0.15, 0.2) is 34.4 Å². The summed E-state index contributed by atoms with van der Waals surface area (Å²) in [6, 6.07) is 5.76. The third-order valence-corrected chi connectivity index (χ3v) is 7.54. The number of carbonyl (C=O) groups excluding carboxylic acids is 1. The molecule has 7 nitrogen and oxygen atoms in total. The molecule has 1 aromatic heterocycles. The first-order valence-corrected chi connectivity index (χ1v) is 14.3. The van der Waals surface area contributed by atoms with Crippen LogP contribution in [0.4, 0.5) is 0 Å². The number of carbonyl (C=O) groups is 1. The van der Waals surface area contributed by atoms with Crippen molar-refractivity contribution in [1.29, 1.82) is 0 Å². The maximum absolute atomic E-state index is 12.7. The van der Waals surface area contributed by atoms with Gasteiger partial charge in [-0.2, -0.15) is 4.98 Å². The molecule has 3 unspecified atom stereocenters. The maximum atomic E-state index is 12.7. The van der Waals surface area contributed by atoms with Gasteiger partial charge in [-0.3, -0.25) is 4.79 Å². The summed E-state index contributed by atoms with van der Waals surface area (Å²) in [5.74, 6) is 3.35. The lowest BCUT2D eigenvalue weighted by atomic mass is 9.92. The zero-order valence-corrected chi connectivity index (χ0v) is 24.0. The lowest BCUT2D eigenvalue weighted by Crippen LogP contribution is -2.18. The number of aryl methyl sites for hydroxylation is 1. The molecule has 0 radical (unpaired) electrons. The standard InChI is InChI=1S/C31H47N3O4/c1-22(9-7-17-35)30(36)28-16-15-27(19-23(28)2)37-18-8-12-25-10-6-11-26(14-13-25)20-29-32-31(38-33-29)24(3)21-34(4)5/h11,15-16,19,22,24-25,35H,6-10,12-14,17-18,20-21H2,1-5H3. The quantitative estimate of drug-likeness (QED) is 0.169. The van der Waals surface area contributed by atoms with Gasteiger partial charge in [-0.05, 0) is 102 Å². The van der Waals surface area contributed by atoms with Crippen LogP contribution in [-0.4, -0.2) is 59.8 Å². The van der Waals surface area contributed by atoms with Gasteiger partial charge in [0.15, 0.2) is 11.6 Å². The molecule has 3 rings (SSSR count). The predicted molar refractivity (Wildman–Crippen MR) is 151 cm³/mol. The Bertz CT molecular complexity index is 1050. The summed E-state index contributed by atoms with van der Waals surface area (Å²) in [6.45, 7) is 7.73. The second-order valence-electron chi connectivity index (χ2n) is 11.3. The highest BCUT2D eigenvalue weighted by Gasteiger charge is 2.19. The molecule has 1 aliphatic carbocycles. The van der Waals surface area contributed by atoms with Gasteiger partial charge in [-0.15, -0.1) is 0 Å². The summed E-state index contributed by atoms with van der Waals surface area (Å²) >= 11 is 0. The highest BCUT2D eigenvalue weighted by molar-refractivity contribution is 5.99. The number of likely N-dealkylation sites (N-methyl/N-ethyl adjacent to an activating group) is 1. The van der Waals surface area contributed by atoms with E-state index in [4.69, 9.17) is 14.4 Å². The van der Waals surface area contributed by atoms with Crippen molar-refractivity contribution in [3.05, 3.63) is 52.7 Å². The van der Waals surface area contributed by atoms with Crippen molar-refractivity contribution in [3.63, 3.8) is 0 Å².